The first-order valence-electron chi connectivity index (χ1n) is 8.82. The smallest absolute Gasteiger partial charge is 0.191 e. The minimum absolute atomic E-state index is 0. The Morgan fingerprint density at radius 3 is 2.48 bits per heavy atom. The highest BCUT2D eigenvalue weighted by Crippen LogP contribution is 2.22. The molecule has 6 nitrogen and oxygen atoms in total. The molecule has 1 fully saturated rings. The van der Waals surface area contributed by atoms with Crippen molar-refractivity contribution in [1.82, 2.24) is 10.6 Å². The quantitative estimate of drug-likeness (QED) is 0.322. The molecule has 0 bridgehead atoms. The Morgan fingerprint density at radius 2 is 1.93 bits per heavy atom. The van der Waals surface area contributed by atoms with Crippen molar-refractivity contribution in [3.8, 4) is 0 Å². The van der Waals surface area contributed by atoms with Crippen LogP contribution in [0.4, 0.5) is 5.69 Å². The Kier molecular flexibility index (Phi) is 9.33. The third-order valence-electron chi connectivity index (χ3n) is 4.54. The van der Waals surface area contributed by atoms with E-state index >= 15 is 0 Å². The van der Waals surface area contributed by atoms with Gasteiger partial charge in [0.2, 0.25) is 0 Å². The third kappa shape index (κ3) is 7.08. The first-order valence-corrected chi connectivity index (χ1v) is 11.3. The summed E-state index contributed by atoms with van der Waals surface area (Å²) in [6.45, 7) is 7.40. The normalized spacial score (nSPS) is 18.2. The number of halogens is 2. The molecule has 1 aliphatic heterocycles. The fraction of sp³-hybridized carbons (Fsp3) is 0.611. The van der Waals surface area contributed by atoms with E-state index in [0.717, 1.165) is 24.0 Å². The molecule has 0 aromatic heterocycles. The van der Waals surface area contributed by atoms with Crippen LogP contribution in [0.15, 0.2) is 33.7 Å². The van der Waals surface area contributed by atoms with E-state index in [1.54, 1.807) is 27.8 Å². The molecule has 9 heteroatoms. The molecule has 1 aromatic carbocycles. The van der Waals surface area contributed by atoms with E-state index in [0.29, 0.717) is 12.5 Å². The predicted molar refractivity (Wildman–Crippen MR) is 128 cm³/mol. The molecular weight excluding hydrogens is 543 g/mol. The number of benzene rings is 1. The number of aliphatic imine (C=N–C) groups is 1. The van der Waals surface area contributed by atoms with Crippen LogP contribution in [0.25, 0.3) is 0 Å². The molecule has 0 saturated carbocycles. The van der Waals surface area contributed by atoms with Crippen molar-refractivity contribution in [2.24, 2.45) is 4.99 Å². The van der Waals surface area contributed by atoms with Gasteiger partial charge in [0.15, 0.2) is 15.8 Å². The van der Waals surface area contributed by atoms with Crippen LogP contribution in [-0.2, 0) is 9.84 Å². The monoisotopic (exact) mass is 572 g/mol. The van der Waals surface area contributed by atoms with Crippen molar-refractivity contribution < 1.29 is 8.42 Å². The second kappa shape index (κ2) is 10.3. The standard InChI is InChI=1S/C18H29BrN4O2S.HI/c1-18(2,3)26(24,25)12-10-21-17(20-4)22-15-9-11-23(13-15)16-7-5-14(19)6-8-16;/h5-8,15H,9-13H2,1-4H3,(H2,20,21,22);1H. The molecule has 1 aliphatic rings. The zero-order valence-electron chi connectivity index (χ0n) is 16.3. The second-order valence-corrected chi connectivity index (χ2v) is 11.3. The Balaban J connectivity index is 0.00000364. The lowest BCUT2D eigenvalue weighted by atomic mass is 10.3. The van der Waals surface area contributed by atoms with Crippen molar-refractivity contribution in [1.29, 1.82) is 0 Å². The summed E-state index contributed by atoms with van der Waals surface area (Å²) in [4.78, 5) is 6.55. The van der Waals surface area contributed by atoms with Gasteiger partial charge >= 0.3 is 0 Å². The number of hydrogen-bond donors (Lipinski definition) is 2. The van der Waals surface area contributed by atoms with Gasteiger partial charge in [0, 0.05) is 42.9 Å². The summed E-state index contributed by atoms with van der Waals surface area (Å²) >= 11 is 3.46. The van der Waals surface area contributed by atoms with E-state index in [1.807, 2.05) is 12.1 Å². The summed E-state index contributed by atoms with van der Waals surface area (Å²) in [5.74, 6) is 0.740. The van der Waals surface area contributed by atoms with E-state index in [1.165, 1.54) is 5.69 Å². The summed E-state index contributed by atoms with van der Waals surface area (Å²) in [7, 11) is -1.43. The molecule has 0 radical (unpaired) electrons. The van der Waals surface area contributed by atoms with Crippen LogP contribution in [0.5, 0.6) is 0 Å². The number of guanidine groups is 1. The highest BCUT2D eigenvalue weighted by Gasteiger charge is 2.28. The van der Waals surface area contributed by atoms with Crippen molar-refractivity contribution in [3.05, 3.63) is 28.7 Å². The fourth-order valence-electron chi connectivity index (χ4n) is 2.76. The molecule has 1 aromatic rings. The zero-order chi connectivity index (χ0) is 19.4. The summed E-state index contributed by atoms with van der Waals surface area (Å²) in [5, 5.41) is 6.52. The van der Waals surface area contributed by atoms with Gasteiger partial charge in [0.05, 0.1) is 10.5 Å². The van der Waals surface area contributed by atoms with Crippen LogP contribution in [-0.4, -0.2) is 57.6 Å². The lowest BCUT2D eigenvalue weighted by molar-refractivity contribution is 0.558. The van der Waals surface area contributed by atoms with E-state index in [2.05, 4.69) is 48.6 Å². The number of nitrogens with one attached hydrogen (secondary N) is 2. The van der Waals surface area contributed by atoms with Gasteiger partial charge in [-0.3, -0.25) is 4.99 Å². The first-order chi connectivity index (χ1) is 12.1. The van der Waals surface area contributed by atoms with Crippen LogP contribution in [0.2, 0.25) is 0 Å². The molecule has 27 heavy (non-hydrogen) atoms. The molecule has 1 heterocycles. The Morgan fingerprint density at radius 1 is 1.30 bits per heavy atom. The highest BCUT2D eigenvalue weighted by atomic mass is 127. The largest absolute Gasteiger partial charge is 0.369 e. The minimum atomic E-state index is -3.13. The van der Waals surface area contributed by atoms with E-state index < -0.39 is 14.6 Å². The van der Waals surface area contributed by atoms with Crippen molar-refractivity contribution >= 4 is 61.4 Å². The number of anilines is 1. The van der Waals surface area contributed by atoms with Gasteiger partial charge in [-0.25, -0.2) is 8.42 Å². The average Bonchev–Trinajstić information content (AvgIpc) is 3.02. The predicted octanol–water partition coefficient (Wildman–Crippen LogP) is 3.02. The van der Waals surface area contributed by atoms with E-state index in [9.17, 15) is 8.42 Å². The summed E-state index contributed by atoms with van der Waals surface area (Å²) in [6, 6.07) is 8.59. The van der Waals surface area contributed by atoms with Gasteiger partial charge in [-0.1, -0.05) is 15.9 Å². The first kappa shape index (κ1) is 24.5. The average molecular weight is 573 g/mol. The number of nitrogens with zero attached hydrogens (tertiary/aromatic N) is 2. The minimum Gasteiger partial charge on any atom is -0.369 e. The Hall–Kier alpha value is -0.550. The van der Waals surface area contributed by atoms with Gasteiger partial charge in [0.1, 0.15) is 0 Å². The molecule has 2 rings (SSSR count). The van der Waals surface area contributed by atoms with Gasteiger partial charge in [-0.05, 0) is 51.5 Å². The van der Waals surface area contributed by atoms with Gasteiger partial charge in [0.25, 0.3) is 0 Å². The molecule has 0 aliphatic carbocycles. The molecule has 2 N–H and O–H groups in total. The molecule has 0 spiro atoms. The lowest BCUT2D eigenvalue weighted by Gasteiger charge is -2.22. The van der Waals surface area contributed by atoms with Crippen molar-refractivity contribution in [2.45, 2.75) is 38.0 Å². The third-order valence-corrected chi connectivity index (χ3v) is 7.68. The maximum absolute atomic E-state index is 12.2. The van der Waals surface area contributed by atoms with Crippen molar-refractivity contribution in [3.63, 3.8) is 0 Å². The Bertz CT molecular complexity index is 733. The molecule has 154 valence electrons. The molecule has 0 amide bonds. The summed E-state index contributed by atoms with van der Waals surface area (Å²) in [6.07, 6.45) is 1.01. The zero-order valence-corrected chi connectivity index (χ0v) is 21.1. The van der Waals surface area contributed by atoms with Crippen molar-refractivity contribution in [2.75, 3.05) is 37.3 Å². The molecular formula is C18H30BrIN4O2S. The van der Waals surface area contributed by atoms with Crippen LogP contribution < -0.4 is 15.5 Å². The van der Waals surface area contributed by atoms with Crippen LogP contribution >= 0.6 is 39.9 Å². The molecule has 1 saturated heterocycles. The second-order valence-electron chi connectivity index (χ2n) is 7.48. The fourth-order valence-corrected chi connectivity index (χ4v) is 4.01. The maximum atomic E-state index is 12.2. The van der Waals surface area contributed by atoms with E-state index in [-0.39, 0.29) is 35.8 Å². The van der Waals surface area contributed by atoms with Crippen LogP contribution in [0.3, 0.4) is 0 Å². The summed E-state index contributed by atoms with van der Waals surface area (Å²) < 4.78 is 24.7. The number of rotatable bonds is 5. The van der Waals surface area contributed by atoms with Gasteiger partial charge < -0.3 is 15.5 Å². The lowest BCUT2D eigenvalue weighted by Crippen LogP contribution is -2.46. The van der Waals surface area contributed by atoms with Crippen LogP contribution in [0.1, 0.15) is 27.2 Å². The number of hydrogen-bond acceptors (Lipinski definition) is 4. The van der Waals surface area contributed by atoms with Crippen LogP contribution in [0, 0.1) is 0 Å². The topological polar surface area (TPSA) is 73.8 Å². The van der Waals surface area contributed by atoms with Gasteiger partial charge in [-0.2, -0.15) is 0 Å². The summed E-state index contributed by atoms with van der Waals surface area (Å²) in [5.41, 5.74) is 1.21. The van der Waals surface area contributed by atoms with Gasteiger partial charge in [-0.15, -0.1) is 24.0 Å². The maximum Gasteiger partial charge on any atom is 0.191 e. The highest BCUT2D eigenvalue weighted by molar-refractivity contribution is 14.0. The van der Waals surface area contributed by atoms with E-state index in [4.69, 9.17) is 0 Å². The Labute approximate surface area is 188 Å². The molecule has 1 atom stereocenters. The number of sulfone groups is 1. The SMILES string of the molecule is CN=C(NCCS(=O)(=O)C(C)(C)C)NC1CCN(c2ccc(Br)cc2)C1.I. The molecule has 1 unspecified atom stereocenters.